The van der Waals surface area contributed by atoms with Crippen LogP contribution < -0.4 is 4.74 Å². The average Bonchev–Trinajstić information content (AvgIpc) is 3.43. The highest BCUT2D eigenvalue weighted by Crippen LogP contribution is 2.31. The molecule has 0 aliphatic carbocycles. The smallest absolute Gasteiger partial charge is 0.387 e. The van der Waals surface area contributed by atoms with E-state index in [1.165, 1.54) is 17.8 Å². The van der Waals surface area contributed by atoms with Crippen LogP contribution >= 0.6 is 23.1 Å². The summed E-state index contributed by atoms with van der Waals surface area (Å²) in [6.07, 6.45) is 0. The number of hydrogen-bond donors (Lipinski definition) is 0. The van der Waals surface area contributed by atoms with E-state index in [2.05, 4.69) is 14.9 Å². The quantitative estimate of drug-likeness (QED) is 0.244. The van der Waals surface area contributed by atoms with Gasteiger partial charge in [0.05, 0.1) is 16.2 Å². The third-order valence-corrected chi connectivity index (χ3v) is 6.17. The molecule has 0 aliphatic rings. The lowest BCUT2D eigenvalue weighted by Gasteiger charge is -2.11. The van der Waals surface area contributed by atoms with Crippen molar-refractivity contribution in [3.63, 3.8) is 0 Å². The fourth-order valence-corrected chi connectivity index (χ4v) is 4.54. The van der Waals surface area contributed by atoms with Gasteiger partial charge in [0, 0.05) is 5.69 Å². The average molecular weight is 458 g/mol. The molecule has 4 rings (SSSR count). The number of hydrogen-bond acceptors (Lipinski definition) is 6. The highest BCUT2D eigenvalue weighted by atomic mass is 32.2. The third kappa shape index (κ3) is 4.83. The number of carbonyl (C=O) groups excluding carboxylic acids is 1. The number of ether oxygens (including phenoxy) is 1. The highest BCUT2D eigenvalue weighted by molar-refractivity contribution is 7.99. The van der Waals surface area contributed by atoms with Crippen molar-refractivity contribution in [1.29, 1.82) is 0 Å². The van der Waals surface area contributed by atoms with Crippen molar-refractivity contribution in [3.05, 3.63) is 77.2 Å². The number of para-hydroxylation sites is 1. The lowest BCUT2D eigenvalue weighted by Crippen LogP contribution is -2.10. The predicted octanol–water partition coefficient (Wildman–Crippen LogP) is 5.88. The Morgan fingerprint density at radius 1 is 1.13 bits per heavy atom. The Morgan fingerprint density at radius 3 is 2.65 bits per heavy atom. The van der Waals surface area contributed by atoms with E-state index < -0.39 is 6.61 Å². The number of aromatic nitrogens is 3. The molecule has 2 heterocycles. The van der Waals surface area contributed by atoms with Crippen LogP contribution in [0.15, 0.2) is 71.2 Å². The fraction of sp³-hybridized carbons (Fsp3) is 0.136. The van der Waals surface area contributed by atoms with Crippen molar-refractivity contribution in [2.75, 3.05) is 5.75 Å². The number of nitrogens with zero attached hydrogens (tertiary/aromatic N) is 3. The Morgan fingerprint density at radius 2 is 1.94 bits per heavy atom. The van der Waals surface area contributed by atoms with Gasteiger partial charge in [0.1, 0.15) is 5.75 Å². The van der Waals surface area contributed by atoms with Crippen LogP contribution in [0.25, 0.3) is 16.4 Å². The summed E-state index contributed by atoms with van der Waals surface area (Å²) in [6, 6.07) is 18.1. The first-order valence-electron chi connectivity index (χ1n) is 9.29. The van der Waals surface area contributed by atoms with Crippen LogP contribution in [0.2, 0.25) is 0 Å². The van der Waals surface area contributed by atoms with Gasteiger partial charge in [-0.15, -0.1) is 21.5 Å². The molecule has 158 valence electrons. The summed E-state index contributed by atoms with van der Waals surface area (Å²) in [5.41, 5.74) is 1.77. The Labute approximate surface area is 185 Å². The number of aryl methyl sites for hydroxylation is 1. The molecule has 2 aromatic carbocycles. The van der Waals surface area contributed by atoms with Gasteiger partial charge < -0.3 is 4.74 Å². The normalized spacial score (nSPS) is 11.1. The molecule has 0 unspecified atom stereocenters. The number of rotatable bonds is 8. The number of alkyl halides is 2. The topological polar surface area (TPSA) is 57.0 Å². The largest absolute Gasteiger partial charge is 0.434 e. The van der Waals surface area contributed by atoms with Crippen molar-refractivity contribution < 1.29 is 18.3 Å². The van der Waals surface area contributed by atoms with Gasteiger partial charge in [-0.05, 0) is 42.6 Å². The number of thiophene rings is 1. The highest BCUT2D eigenvalue weighted by Gasteiger charge is 2.20. The molecule has 0 saturated carbocycles. The zero-order valence-electron chi connectivity index (χ0n) is 16.4. The minimum atomic E-state index is -3.00. The minimum Gasteiger partial charge on any atom is -0.434 e. The Hall–Kier alpha value is -3.04. The molecule has 0 saturated heterocycles. The molecule has 0 aliphatic heterocycles. The van der Waals surface area contributed by atoms with Gasteiger partial charge in [0.15, 0.2) is 16.8 Å². The third-order valence-electron chi connectivity index (χ3n) is 4.37. The van der Waals surface area contributed by atoms with E-state index in [4.69, 9.17) is 0 Å². The van der Waals surface area contributed by atoms with Crippen molar-refractivity contribution in [2.45, 2.75) is 18.7 Å². The summed E-state index contributed by atoms with van der Waals surface area (Å²) in [4.78, 5) is 13.8. The van der Waals surface area contributed by atoms with Crippen molar-refractivity contribution in [1.82, 2.24) is 14.8 Å². The van der Waals surface area contributed by atoms with Crippen molar-refractivity contribution >= 4 is 28.9 Å². The molecule has 0 spiro atoms. The number of thioether (sulfide) groups is 1. The number of benzene rings is 2. The maximum absolute atomic E-state index is 12.9. The number of halogens is 2. The second kappa shape index (κ2) is 9.40. The monoisotopic (exact) mass is 457 g/mol. The van der Waals surface area contributed by atoms with Crippen LogP contribution in [0.3, 0.4) is 0 Å². The van der Waals surface area contributed by atoms with E-state index in [0.717, 1.165) is 16.1 Å². The number of Topliss-reactive ketones (excluding diaryl/α,β-unsaturated/α-hetero) is 1. The Bertz CT molecular complexity index is 1180. The van der Waals surface area contributed by atoms with Crippen LogP contribution in [-0.2, 0) is 0 Å². The summed E-state index contributed by atoms with van der Waals surface area (Å²) in [7, 11) is 0. The van der Waals surface area contributed by atoms with Crippen LogP contribution in [0.4, 0.5) is 8.78 Å². The van der Waals surface area contributed by atoms with E-state index >= 15 is 0 Å². The molecular weight excluding hydrogens is 440 g/mol. The second-order valence-electron chi connectivity index (χ2n) is 6.54. The molecule has 4 aromatic rings. The van der Waals surface area contributed by atoms with Crippen LogP contribution in [0.1, 0.15) is 15.9 Å². The lowest BCUT2D eigenvalue weighted by molar-refractivity contribution is -0.0501. The molecule has 0 fully saturated rings. The van der Waals surface area contributed by atoms with Gasteiger partial charge in [-0.1, -0.05) is 47.7 Å². The van der Waals surface area contributed by atoms with Gasteiger partial charge in [-0.3, -0.25) is 9.36 Å². The number of carbonyl (C=O) groups is 1. The first-order valence-corrected chi connectivity index (χ1v) is 11.2. The zero-order valence-corrected chi connectivity index (χ0v) is 18.0. The van der Waals surface area contributed by atoms with Gasteiger partial charge >= 0.3 is 6.61 Å². The van der Waals surface area contributed by atoms with E-state index in [0.29, 0.717) is 11.0 Å². The number of ketones is 1. The molecule has 5 nitrogen and oxygen atoms in total. The molecule has 0 atom stereocenters. The standard InChI is InChI=1S/C22H17F2N3O2S2/c1-14-9-10-18(29-21(23)24)16(12-14)17(28)13-31-22-26-25-20(19-8-5-11-30-19)27(22)15-6-3-2-4-7-15/h2-12,21H,13H2,1H3. The molecule has 0 bridgehead atoms. The molecule has 31 heavy (non-hydrogen) atoms. The molecule has 0 radical (unpaired) electrons. The van der Waals surface area contributed by atoms with Gasteiger partial charge in [0.2, 0.25) is 0 Å². The summed E-state index contributed by atoms with van der Waals surface area (Å²) in [5, 5.41) is 11.1. The molecule has 2 aromatic heterocycles. The maximum Gasteiger partial charge on any atom is 0.387 e. The Balaban J connectivity index is 1.63. The second-order valence-corrected chi connectivity index (χ2v) is 8.43. The predicted molar refractivity (Wildman–Crippen MR) is 118 cm³/mol. The molecule has 0 N–H and O–H groups in total. The van der Waals surface area contributed by atoms with E-state index in [9.17, 15) is 13.6 Å². The zero-order chi connectivity index (χ0) is 21.8. The Kier molecular flexibility index (Phi) is 6.43. The molecular formula is C22H17F2N3O2S2. The van der Waals surface area contributed by atoms with Crippen LogP contribution in [0.5, 0.6) is 5.75 Å². The lowest BCUT2D eigenvalue weighted by atomic mass is 10.1. The summed E-state index contributed by atoms with van der Waals surface area (Å²) in [5.74, 6) is 0.214. The summed E-state index contributed by atoms with van der Waals surface area (Å²) < 4.78 is 31.9. The fourth-order valence-electron chi connectivity index (χ4n) is 3.01. The SMILES string of the molecule is Cc1ccc(OC(F)F)c(C(=O)CSc2nnc(-c3cccs3)n2-c2ccccc2)c1. The molecule has 0 amide bonds. The van der Waals surface area contributed by atoms with Gasteiger partial charge in [-0.2, -0.15) is 8.78 Å². The van der Waals surface area contributed by atoms with Crippen molar-refractivity contribution in [2.24, 2.45) is 0 Å². The molecule has 9 heteroatoms. The van der Waals surface area contributed by atoms with Gasteiger partial charge in [0.25, 0.3) is 0 Å². The van der Waals surface area contributed by atoms with Crippen molar-refractivity contribution in [3.8, 4) is 22.1 Å². The van der Waals surface area contributed by atoms with Crippen LogP contribution in [0, 0.1) is 6.92 Å². The minimum absolute atomic E-state index is 0.00153. The maximum atomic E-state index is 12.9. The summed E-state index contributed by atoms with van der Waals surface area (Å²) in [6.45, 7) is -1.22. The first kappa shape index (κ1) is 21.2. The van der Waals surface area contributed by atoms with E-state index in [-0.39, 0.29) is 22.8 Å². The van der Waals surface area contributed by atoms with E-state index in [1.807, 2.05) is 52.4 Å². The first-order chi connectivity index (χ1) is 15.0. The van der Waals surface area contributed by atoms with E-state index in [1.54, 1.807) is 30.4 Å². The van der Waals surface area contributed by atoms with Gasteiger partial charge in [-0.25, -0.2) is 0 Å². The van der Waals surface area contributed by atoms with Crippen LogP contribution in [-0.4, -0.2) is 32.9 Å². The summed E-state index contributed by atoms with van der Waals surface area (Å²) >= 11 is 2.74.